The van der Waals surface area contributed by atoms with Gasteiger partial charge >= 0.3 is 0 Å². The minimum Gasteiger partial charge on any atom is -0.384 e. The smallest absolute Gasteiger partial charge is 0.158 e. The van der Waals surface area contributed by atoms with Gasteiger partial charge in [-0.25, -0.2) is 9.97 Å². The summed E-state index contributed by atoms with van der Waals surface area (Å²) < 4.78 is 5.39. The van der Waals surface area contributed by atoms with Crippen molar-refractivity contribution in [3.8, 4) is 0 Å². The van der Waals surface area contributed by atoms with Crippen LogP contribution >= 0.6 is 11.3 Å². The van der Waals surface area contributed by atoms with Crippen LogP contribution in [-0.4, -0.2) is 22.6 Å². The molecule has 2 aromatic rings. The van der Waals surface area contributed by atoms with E-state index in [0.717, 1.165) is 12.4 Å². The second-order valence-electron chi connectivity index (χ2n) is 5.14. The highest BCUT2D eigenvalue weighted by molar-refractivity contribution is 7.09. The van der Waals surface area contributed by atoms with Crippen LogP contribution in [0.15, 0.2) is 23.6 Å². The van der Waals surface area contributed by atoms with E-state index in [-0.39, 0.29) is 0 Å². The second kappa shape index (κ2) is 6.41. The van der Waals surface area contributed by atoms with Crippen LogP contribution in [0.25, 0.3) is 0 Å². The van der Waals surface area contributed by atoms with Gasteiger partial charge < -0.3 is 15.4 Å². The molecule has 0 atom stereocenters. The maximum absolute atomic E-state index is 5.93. The molecule has 0 aromatic carbocycles. The zero-order chi connectivity index (χ0) is 14.7. The van der Waals surface area contributed by atoms with E-state index in [9.17, 15) is 0 Å². The summed E-state index contributed by atoms with van der Waals surface area (Å²) in [4.78, 5) is 12.5. The molecule has 3 rings (SSSR count). The van der Waals surface area contributed by atoms with Gasteiger partial charge in [0.25, 0.3) is 0 Å². The van der Waals surface area contributed by atoms with Gasteiger partial charge in [0, 0.05) is 23.6 Å². The van der Waals surface area contributed by atoms with Crippen LogP contribution in [0, 0.1) is 0 Å². The predicted octanol–water partition coefficient (Wildman–Crippen LogP) is 2.83. The molecule has 0 unspecified atom stereocenters. The van der Waals surface area contributed by atoms with E-state index in [2.05, 4.69) is 32.4 Å². The van der Waals surface area contributed by atoms with Gasteiger partial charge in [-0.3, -0.25) is 0 Å². The molecule has 2 heterocycles. The third kappa shape index (κ3) is 3.71. The largest absolute Gasteiger partial charge is 0.384 e. The molecule has 0 aliphatic heterocycles. The highest BCUT2D eigenvalue weighted by Gasteiger charge is 2.30. The van der Waals surface area contributed by atoms with Crippen LogP contribution in [-0.2, 0) is 17.9 Å². The number of anilines is 2. The molecular formula is C15H20N4OS. The zero-order valence-corrected chi connectivity index (χ0v) is 13.0. The quantitative estimate of drug-likeness (QED) is 0.852. The first-order valence-electron chi connectivity index (χ1n) is 7.26. The first kappa shape index (κ1) is 14.3. The summed E-state index contributed by atoms with van der Waals surface area (Å²) in [5, 5.41) is 2.11. The summed E-state index contributed by atoms with van der Waals surface area (Å²) >= 11 is 1.77. The number of nitrogens with two attached hydrogens (primary N) is 1. The van der Waals surface area contributed by atoms with Crippen LogP contribution in [0.3, 0.4) is 0 Å². The van der Waals surface area contributed by atoms with E-state index < -0.39 is 0 Å². The maximum Gasteiger partial charge on any atom is 0.158 e. The summed E-state index contributed by atoms with van der Waals surface area (Å²) in [6.07, 6.45) is 2.44. The molecule has 0 saturated heterocycles. The lowest BCUT2D eigenvalue weighted by Crippen LogP contribution is -2.26. The number of hydrogen-bond donors (Lipinski definition) is 1. The topological polar surface area (TPSA) is 64.3 Å². The van der Waals surface area contributed by atoms with Crippen molar-refractivity contribution in [2.24, 2.45) is 0 Å². The average molecular weight is 304 g/mol. The second-order valence-corrected chi connectivity index (χ2v) is 6.18. The van der Waals surface area contributed by atoms with Crippen molar-refractivity contribution >= 4 is 23.0 Å². The van der Waals surface area contributed by atoms with Gasteiger partial charge in [0.1, 0.15) is 18.2 Å². The molecular weight excluding hydrogens is 284 g/mol. The van der Waals surface area contributed by atoms with Gasteiger partial charge in [0.2, 0.25) is 0 Å². The molecule has 21 heavy (non-hydrogen) atoms. The van der Waals surface area contributed by atoms with E-state index in [1.807, 2.05) is 13.0 Å². The van der Waals surface area contributed by atoms with Crippen LogP contribution < -0.4 is 10.6 Å². The summed E-state index contributed by atoms with van der Waals surface area (Å²) in [6, 6.07) is 6.67. The van der Waals surface area contributed by atoms with E-state index in [1.165, 1.54) is 17.7 Å². The van der Waals surface area contributed by atoms with Gasteiger partial charge in [-0.2, -0.15) is 0 Å². The van der Waals surface area contributed by atoms with E-state index >= 15 is 0 Å². The van der Waals surface area contributed by atoms with E-state index in [4.69, 9.17) is 10.5 Å². The fourth-order valence-electron chi connectivity index (χ4n) is 2.26. The van der Waals surface area contributed by atoms with Crippen LogP contribution in [0.1, 0.15) is 30.5 Å². The molecule has 1 saturated carbocycles. The van der Waals surface area contributed by atoms with Crippen LogP contribution in [0.2, 0.25) is 0 Å². The van der Waals surface area contributed by atoms with E-state index in [0.29, 0.717) is 30.9 Å². The Morgan fingerprint density at radius 3 is 2.95 bits per heavy atom. The molecule has 0 radical (unpaired) electrons. The Bertz CT molecular complexity index is 583. The van der Waals surface area contributed by atoms with Gasteiger partial charge in [0.15, 0.2) is 5.82 Å². The third-order valence-electron chi connectivity index (χ3n) is 3.40. The van der Waals surface area contributed by atoms with Gasteiger partial charge in [0.05, 0.1) is 6.54 Å². The number of nitrogens with zero attached hydrogens (tertiary/aromatic N) is 3. The molecule has 2 N–H and O–H groups in total. The molecule has 1 fully saturated rings. The lowest BCUT2D eigenvalue weighted by atomic mass is 10.3. The van der Waals surface area contributed by atoms with Crippen molar-refractivity contribution < 1.29 is 4.74 Å². The monoisotopic (exact) mass is 304 g/mol. The van der Waals surface area contributed by atoms with Crippen molar-refractivity contribution in [2.45, 2.75) is 39.0 Å². The molecule has 1 aliphatic carbocycles. The van der Waals surface area contributed by atoms with Crippen LogP contribution in [0.5, 0.6) is 0 Å². The molecule has 0 bridgehead atoms. The van der Waals surface area contributed by atoms with Crippen molar-refractivity contribution in [1.82, 2.24) is 9.97 Å². The SMILES string of the molecule is CCOCc1nc(N)cc(N(Cc2cccs2)C2CC2)n1. The number of thiophene rings is 1. The number of rotatable bonds is 7. The van der Waals surface area contributed by atoms with Crippen molar-refractivity contribution in [3.63, 3.8) is 0 Å². The minimum absolute atomic E-state index is 0.409. The molecule has 1 aliphatic rings. The molecule has 5 nitrogen and oxygen atoms in total. The summed E-state index contributed by atoms with van der Waals surface area (Å²) in [6.45, 7) is 3.90. The Balaban J connectivity index is 1.82. The number of ether oxygens (including phenoxy) is 1. The Kier molecular flexibility index (Phi) is 4.36. The lowest BCUT2D eigenvalue weighted by Gasteiger charge is -2.23. The molecule has 2 aromatic heterocycles. The van der Waals surface area contributed by atoms with Crippen molar-refractivity contribution in [2.75, 3.05) is 17.2 Å². The van der Waals surface area contributed by atoms with Crippen molar-refractivity contribution in [3.05, 3.63) is 34.3 Å². The fraction of sp³-hybridized carbons (Fsp3) is 0.467. The summed E-state index contributed by atoms with van der Waals surface area (Å²) in [7, 11) is 0. The first-order chi connectivity index (χ1) is 10.3. The molecule has 112 valence electrons. The van der Waals surface area contributed by atoms with E-state index in [1.54, 1.807) is 11.3 Å². The van der Waals surface area contributed by atoms with Gasteiger partial charge in [-0.15, -0.1) is 11.3 Å². The standard InChI is InChI=1S/C15H20N4OS/c1-2-20-10-14-17-13(16)8-15(18-14)19(11-5-6-11)9-12-4-3-7-21-12/h3-4,7-8,11H,2,5-6,9-10H2,1H3,(H2,16,17,18). The normalized spacial score (nSPS) is 14.3. The Morgan fingerprint density at radius 2 is 2.29 bits per heavy atom. The number of aromatic nitrogens is 2. The summed E-state index contributed by atoms with van der Waals surface area (Å²) in [5.41, 5.74) is 5.93. The Morgan fingerprint density at radius 1 is 1.43 bits per heavy atom. The summed E-state index contributed by atoms with van der Waals surface area (Å²) in [5.74, 6) is 2.07. The third-order valence-corrected chi connectivity index (χ3v) is 4.26. The predicted molar refractivity (Wildman–Crippen MR) is 85.3 cm³/mol. The van der Waals surface area contributed by atoms with Crippen LogP contribution in [0.4, 0.5) is 11.6 Å². The first-order valence-corrected chi connectivity index (χ1v) is 8.14. The number of nitrogen functional groups attached to an aromatic ring is 1. The average Bonchev–Trinajstić information content (AvgIpc) is 3.18. The Labute approximate surface area is 128 Å². The molecule has 6 heteroatoms. The van der Waals surface area contributed by atoms with Gasteiger partial charge in [-0.1, -0.05) is 6.07 Å². The van der Waals surface area contributed by atoms with Gasteiger partial charge in [-0.05, 0) is 31.2 Å². The van der Waals surface area contributed by atoms with Crippen molar-refractivity contribution in [1.29, 1.82) is 0 Å². The minimum atomic E-state index is 0.409. The zero-order valence-electron chi connectivity index (χ0n) is 12.2. The fourth-order valence-corrected chi connectivity index (χ4v) is 2.96. The number of hydrogen-bond acceptors (Lipinski definition) is 6. The lowest BCUT2D eigenvalue weighted by molar-refractivity contribution is 0.128. The maximum atomic E-state index is 5.93. The highest BCUT2D eigenvalue weighted by Crippen LogP contribution is 2.33. The Hall–Kier alpha value is -1.66. The molecule has 0 spiro atoms. The highest BCUT2D eigenvalue weighted by atomic mass is 32.1. The molecule has 0 amide bonds.